The van der Waals surface area contributed by atoms with E-state index >= 15 is 0 Å². The lowest BCUT2D eigenvalue weighted by molar-refractivity contribution is 0.104. The van der Waals surface area contributed by atoms with Gasteiger partial charge in [0.1, 0.15) is 11.5 Å². The van der Waals surface area contributed by atoms with Gasteiger partial charge < -0.3 is 14.7 Å². The van der Waals surface area contributed by atoms with Crippen molar-refractivity contribution in [1.29, 1.82) is 0 Å². The van der Waals surface area contributed by atoms with Gasteiger partial charge in [-0.25, -0.2) is 0 Å². The second kappa shape index (κ2) is 5.21. The number of aromatic hydroxyl groups is 1. The lowest BCUT2D eigenvalue weighted by atomic mass is 10.1. The summed E-state index contributed by atoms with van der Waals surface area (Å²) in [6, 6.07) is 4.55. The Morgan fingerprint density at radius 3 is 2.69 bits per heavy atom. The summed E-state index contributed by atoms with van der Waals surface area (Å²) in [5.74, 6) is 0.235. The monoisotopic (exact) mass is 221 g/mol. The zero-order chi connectivity index (χ0) is 12.1. The van der Waals surface area contributed by atoms with Gasteiger partial charge in [-0.15, -0.1) is 0 Å². The van der Waals surface area contributed by atoms with Crippen molar-refractivity contribution >= 4 is 5.78 Å². The summed E-state index contributed by atoms with van der Waals surface area (Å²) in [7, 11) is 5.14. The molecular formula is C12H15NO3. The number of benzene rings is 1. The van der Waals surface area contributed by atoms with Crippen LogP contribution in [0.1, 0.15) is 10.4 Å². The molecule has 0 aliphatic rings. The number of nitrogens with zero attached hydrogens (tertiary/aromatic N) is 1. The molecule has 1 rings (SSSR count). The number of hydrogen-bond acceptors (Lipinski definition) is 4. The number of allylic oxidation sites excluding steroid dienone is 1. The van der Waals surface area contributed by atoms with Gasteiger partial charge in [-0.05, 0) is 18.2 Å². The predicted octanol–water partition coefficient (Wildman–Crippen LogP) is 1.66. The SMILES string of the molecule is COc1ccc(O)c(C(=O)C=CN(C)C)c1. The normalized spacial score (nSPS) is 10.4. The van der Waals surface area contributed by atoms with Crippen LogP contribution in [-0.2, 0) is 0 Å². The molecule has 1 aromatic rings. The summed E-state index contributed by atoms with van der Waals surface area (Å²) in [6.07, 6.45) is 3.02. The zero-order valence-electron chi connectivity index (χ0n) is 9.60. The van der Waals surface area contributed by atoms with Crippen molar-refractivity contribution in [2.75, 3.05) is 21.2 Å². The average Bonchev–Trinajstić information content (AvgIpc) is 2.26. The first kappa shape index (κ1) is 12.1. The van der Waals surface area contributed by atoms with Crippen molar-refractivity contribution in [3.05, 3.63) is 36.0 Å². The maximum atomic E-state index is 11.7. The minimum atomic E-state index is -0.259. The van der Waals surface area contributed by atoms with Gasteiger partial charge >= 0.3 is 0 Å². The number of hydrogen-bond donors (Lipinski definition) is 1. The van der Waals surface area contributed by atoms with Crippen LogP contribution in [0.3, 0.4) is 0 Å². The molecule has 4 heteroatoms. The van der Waals surface area contributed by atoms with Crippen molar-refractivity contribution in [2.24, 2.45) is 0 Å². The molecule has 0 saturated carbocycles. The summed E-state index contributed by atoms with van der Waals surface area (Å²) in [4.78, 5) is 13.5. The first-order valence-electron chi connectivity index (χ1n) is 4.80. The van der Waals surface area contributed by atoms with E-state index in [1.165, 1.54) is 25.3 Å². The van der Waals surface area contributed by atoms with Crippen LogP contribution in [0.4, 0.5) is 0 Å². The second-order valence-corrected chi connectivity index (χ2v) is 3.53. The number of carbonyl (C=O) groups excluding carboxylic acids is 1. The Hall–Kier alpha value is -1.97. The van der Waals surface area contributed by atoms with Crippen molar-refractivity contribution in [3.8, 4) is 11.5 Å². The van der Waals surface area contributed by atoms with E-state index < -0.39 is 0 Å². The van der Waals surface area contributed by atoms with Crippen LogP contribution < -0.4 is 4.74 Å². The van der Waals surface area contributed by atoms with E-state index in [0.29, 0.717) is 5.75 Å². The molecule has 0 aliphatic heterocycles. The highest BCUT2D eigenvalue weighted by molar-refractivity contribution is 6.06. The van der Waals surface area contributed by atoms with Gasteiger partial charge in [-0.1, -0.05) is 0 Å². The molecule has 0 aromatic heterocycles. The van der Waals surface area contributed by atoms with Crippen LogP contribution in [0.2, 0.25) is 0 Å². The molecule has 0 heterocycles. The smallest absolute Gasteiger partial charge is 0.191 e. The minimum Gasteiger partial charge on any atom is -0.507 e. The summed E-state index contributed by atoms with van der Waals surface area (Å²) in [5.41, 5.74) is 0.234. The van der Waals surface area contributed by atoms with Crippen LogP contribution in [0.5, 0.6) is 11.5 Å². The quantitative estimate of drug-likeness (QED) is 0.620. The predicted molar refractivity (Wildman–Crippen MR) is 61.8 cm³/mol. The van der Waals surface area contributed by atoms with Crippen LogP contribution in [0, 0.1) is 0 Å². The van der Waals surface area contributed by atoms with E-state index in [-0.39, 0.29) is 17.1 Å². The topological polar surface area (TPSA) is 49.8 Å². The fourth-order valence-corrected chi connectivity index (χ4v) is 1.15. The highest BCUT2D eigenvalue weighted by Gasteiger charge is 2.09. The average molecular weight is 221 g/mol. The highest BCUT2D eigenvalue weighted by atomic mass is 16.5. The van der Waals surface area contributed by atoms with Gasteiger partial charge in [-0.2, -0.15) is 0 Å². The summed E-state index contributed by atoms with van der Waals surface area (Å²) in [5, 5.41) is 9.54. The third kappa shape index (κ3) is 3.02. The van der Waals surface area contributed by atoms with Crippen molar-refractivity contribution in [3.63, 3.8) is 0 Å². The maximum absolute atomic E-state index is 11.7. The van der Waals surface area contributed by atoms with Crippen molar-refractivity contribution in [1.82, 2.24) is 4.90 Å². The molecule has 1 aromatic carbocycles. The van der Waals surface area contributed by atoms with E-state index in [0.717, 1.165) is 0 Å². The first-order chi connectivity index (χ1) is 7.54. The van der Waals surface area contributed by atoms with Crippen molar-refractivity contribution in [2.45, 2.75) is 0 Å². The number of phenolic OH excluding ortho intramolecular Hbond substituents is 1. The molecule has 0 unspecified atom stereocenters. The van der Waals surface area contributed by atoms with Crippen LogP contribution in [0.15, 0.2) is 30.5 Å². The van der Waals surface area contributed by atoms with Gasteiger partial charge in [0.15, 0.2) is 5.78 Å². The summed E-state index contributed by atoms with van der Waals surface area (Å²) < 4.78 is 4.99. The number of ketones is 1. The molecule has 0 atom stereocenters. The molecule has 0 spiro atoms. The Balaban J connectivity index is 2.98. The Morgan fingerprint density at radius 1 is 1.44 bits per heavy atom. The Morgan fingerprint density at radius 2 is 2.12 bits per heavy atom. The van der Waals surface area contributed by atoms with E-state index in [2.05, 4.69) is 0 Å². The summed E-state index contributed by atoms with van der Waals surface area (Å²) >= 11 is 0. The first-order valence-corrected chi connectivity index (χ1v) is 4.80. The molecule has 0 bridgehead atoms. The number of carbonyl (C=O) groups is 1. The van der Waals surface area contributed by atoms with Gasteiger partial charge in [0.25, 0.3) is 0 Å². The lowest BCUT2D eigenvalue weighted by Gasteiger charge is -2.05. The zero-order valence-corrected chi connectivity index (χ0v) is 9.60. The van der Waals surface area contributed by atoms with E-state index in [1.54, 1.807) is 17.2 Å². The van der Waals surface area contributed by atoms with E-state index in [1.807, 2.05) is 14.1 Å². The number of ether oxygens (including phenoxy) is 1. The Kier molecular flexibility index (Phi) is 3.94. The largest absolute Gasteiger partial charge is 0.507 e. The summed E-state index contributed by atoms with van der Waals surface area (Å²) in [6.45, 7) is 0. The van der Waals surface area contributed by atoms with Gasteiger partial charge in [0.2, 0.25) is 0 Å². The number of methoxy groups -OCH3 is 1. The fourth-order valence-electron chi connectivity index (χ4n) is 1.15. The third-order valence-electron chi connectivity index (χ3n) is 1.99. The Bertz CT molecular complexity index is 411. The Labute approximate surface area is 94.8 Å². The molecule has 0 amide bonds. The molecule has 4 nitrogen and oxygen atoms in total. The minimum absolute atomic E-state index is 0.0470. The van der Waals surface area contributed by atoms with Crippen LogP contribution in [0.25, 0.3) is 0 Å². The van der Waals surface area contributed by atoms with Crippen LogP contribution >= 0.6 is 0 Å². The number of phenols is 1. The molecule has 0 radical (unpaired) electrons. The van der Waals surface area contributed by atoms with Crippen LogP contribution in [-0.4, -0.2) is 37.0 Å². The molecule has 1 N–H and O–H groups in total. The third-order valence-corrected chi connectivity index (χ3v) is 1.99. The van der Waals surface area contributed by atoms with Crippen molar-refractivity contribution < 1.29 is 14.6 Å². The molecular weight excluding hydrogens is 206 g/mol. The molecule has 16 heavy (non-hydrogen) atoms. The van der Waals surface area contributed by atoms with E-state index in [9.17, 15) is 9.90 Å². The molecule has 0 aliphatic carbocycles. The standard InChI is InChI=1S/C12H15NO3/c1-13(2)7-6-12(15)10-8-9(16-3)4-5-11(10)14/h4-8,14H,1-3H3. The van der Waals surface area contributed by atoms with Gasteiger partial charge in [0, 0.05) is 26.4 Å². The number of rotatable bonds is 4. The lowest BCUT2D eigenvalue weighted by Crippen LogP contribution is -2.03. The molecule has 0 saturated heterocycles. The maximum Gasteiger partial charge on any atom is 0.191 e. The van der Waals surface area contributed by atoms with E-state index in [4.69, 9.17) is 4.74 Å². The fraction of sp³-hybridized carbons (Fsp3) is 0.250. The second-order valence-electron chi connectivity index (χ2n) is 3.53. The van der Waals surface area contributed by atoms with Gasteiger partial charge in [0.05, 0.1) is 12.7 Å². The highest BCUT2D eigenvalue weighted by Crippen LogP contribution is 2.23. The molecule has 0 fully saturated rings. The molecule has 86 valence electrons. The van der Waals surface area contributed by atoms with Gasteiger partial charge in [-0.3, -0.25) is 4.79 Å².